The zero-order valence-electron chi connectivity index (χ0n) is 13.3. The van der Waals surface area contributed by atoms with Crippen molar-refractivity contribution in [2.24, 2.45) is 11.8 Å². The largest absolute Gasteiger partial charge is 0.387 e. The Morgan fingerprint density at radius 1 is 1.39 bits per heavy atom. The standard InChI is InChI=1S/C17H22N4O2/c1-20(15-3-5-19-17-14(15)2-4-18-17)13-6-11-8-21(16(23)10-22)9-12(11)7-13/h2-5,11-13,22H,6-10H2,1H3,(H,18,19)/t11-,12?,13+/m1/s1. The number of aromatic amines is 1. The first-order valence-electron chi connectivity index (χ1n) is 8.21. The Balaban J connectivity index is 1.49. The molecular formula is C17H22N4O2. The van der Waals surface area contributed by atoms with Gasteiger partial charge in [-0.25, -0.2) is 4.98 Å². The lowest BCUT2D eigenvalue weighted by Crippen LogP contribution is -2.35. The summed E-state index contributed by atoms with van der Waals surface area (Å²) in [6.07, 6.45) is 5.98. The molecule has 2 fully saturated rings. The molecule has 2 aromatic rings. The normalized spacial score (nSPS) is 26.7. The van der Waals surface area contributed by atoms with Crippen molar-refractivity contribution in [3.8, 4) is 0 Å². The van der Waals surface area contributed by atoms with Crippen molar-refractivity contribution in [2.75, 3.05) is 31.6 Å². The lowest BCUT2D eigenvalue weighted by Gasteiger charge is -2.29. The monoisotopic (exact) mass is 314 g/mol. The number of H-pyrrole nitrogens is 1. The molecule has 1 saturated heterocycles. The highest BCUT2D eigenvalue weighted by atomic mass is 16.3. The Morgan fingerprint density at radius 2 is 2.13 bits per heavy atom. The highest BCUT2D eigenvalue weighted by Crippen LogP contribution is 2.41. The number of amides is 1. The third kappa shape index (κ3) is 2.37. The van der Waals surface area contributed by atoms with E-state index in [1.807, 2.05) is 17.3 Å². The predicted octanol–water partition coefficient (Wildman–Crippen LogP) is 1.23. The molecule has 0 aromatic carbocycles. The van der Waals surface area contributed by atoms with Crippen LogP contribution in [0.15, 0.2) is 24.5 Å². The summed E-state index contributed by atoms with van der Waals surface area (Å²) in [5, 5.41) is 10.2. The average Bonchev–Trinajstić information content (AvgIpc) is 3.26. The maximum atomic E-state index is 11.7. The first-order chi connectivity index (χ1) is 11.2. The average molecular weight is 314 g/mol. The number of likely N-dealkylation sites (tertiary alicyclic amines) is 1. The summed E-state index contributed by atoms with van der Waals surface area (Å²) in [7, 11) is 2.16. The van der Waals surface area contributed by atoms with E-state index in [-0.39, 0.29) is 12.5 Å². The Labute approximate surface area is 135 Å². The number of carbonyl (C=O) groups excluding carboxylic acids is 1. The molecular weight excluding hydrogens is 292 g/mol. The van der Waals surface area contributed by atoms with Crippen LogP contribution >= 0.6 is 0 Å². The van der Waals surface area contributed by atoms with Gasteiger partial charge in [0, 0.05) is 49.6 Å². The number of rotatable bonds is 3. The molecule has 6 nitrogen and oxygen atoms in total. The number of pyridine rings is 1. The number of aliphatic hydroxyl groups is 1. The van der Waals surface area contributed by atoms with Crippen molar-refractivity contribution in [1.82, 2.24) is 14.9 Å². The van der Waals surface area contributed by atoms with E-state index in [1.54, 1.807) is 0 Å². The van der Waals surface area contributed by atoms with E-state index in [2.05, 4.69) is 34.0 Å². The lowest BCUT2D eigenvalue weighted by atomic mass is 10.0. The Hall–Kier alpha value is -2.08. The third-order valence-corrected chi connectivity index (χ3v) is 5.58. The minimum atomic E-state index is -0.370. The molecule has 1 aliphatic heterocycles. The van der Waals surface area contributed by atoms with Crippen molar-refractivity contribution in [3.63, 3.8) is 0 Å². The van der Waals surface area contributed by atoms with Gasteiger partial charge in [0.05, 0.1) is 0 Å². The molecule has 0 bridgehead atoms. The Morgan fingerprint density at radius 3 is 2.83 bits per heavy atom. The molecule has 0 spiro atoms. The fourth-order valence-corrected chi connectivity index (χ4v) is 4.34. The summed E-state index contributed by atoms with van der Waals surface area (Å²) >= 11 is 0. The van der Waals surface area contributed by atoms with Crippen molar-refractivity contribution < 1.29 is 9.90 Å². The minimum Gasteiger partial charge on any atom is -0.387 e. The number of fused-ring (bicyclic) bond motifs is 2. The summed E-state index contributed by atoms with van der Waals surface area (Å²) < 4.78 is 0. The lowest BCUT2D eigenvalue weighted by molar-refractivity contribution is -0.133. The Bertz CT molecular complexity index is 714. The van der Waals surface area contributed by atoms with Gasteiger partial charge in [-0.1, -0.05) is 0 Å². The number of anilines is 1. The maximum absolute atomic E-state index is 11.7. The van der Waals surface area contributed by atoms with Gasteiger partial charge in [-0.15, -0.1) is 0 Å². The molecule has 1 aliphatic carbocycles. The van der Waals surface area contributed by atoms with Gasteiger partial charge in [0.15, 0.2) is 0 Å². The highest BCUT2D eigenvalue weighted by Gasteiger charge is 2.43. The van der Waals surface area contributed by atoms with Gasteiger partial charge in [-0.3, -0.25) is 4.79 Å². The zero-order chi connectivity index (χ0) is 16.0. The van der Waals surface area contributed by atoms with E-state index in [1.165, 1.54) is 5.69 Å². The van der Waals surface area contributed by atoms with Gasteiger partial charge in [0.2, 0.25) is 5.91 Å². The molecule has 1 unspecified atom stereocenters. The minimum absolute atomic E-state index is 0.132. The molecule has 2 N–H and O–H groups in total. The topological polar surface area (TPSA) is 72.5 Å². The molecule has 23 heavy (non-hydrogen) atoms. The SMILES string of the molecule is CN(c1ccnc2[nH]ccc12)[C@@H]1CC2CN(C(=O)CO)C[C@H]2C1. The van der Waals surface area contributed by atoms with Gasteiger partial charge in [-0.05, 0) is 36.8 Å². The predicted molar refractivity (Wildman–Crippen MR) is 88.2 cm³/mol. The molecule has 2 aliphatic rings. The number of hydrogen-bond acceptors (Lipinski definition) is 4. The molecule has 1 saturated carbocycles. The van der Waals surface area contributed by atoms with Crippen LogP contribution in [-0.4, -0.2) is 58.7 Å². The van der Waals surface area contributed by atoms with E-state index in [4.69, 9.17) is 5.11 Å². The molecule has 1 amide bonds. The summed E-state index contributed by atoms with van der Waals surface area (Å²) in [4.78, 5) is 23.4. The summed E-state index contributed by atoms with van der Waals surface area (Å²) in [6.45, 7) is 1.22. The van der Waals surface area contributed by atoms with Crippen LogP contribution in [-0.2, 0) is 4.79 Å². The number of aromatic nitrogens is 2. The fourth-order valence-electron chi connectivity index (χ4n) is 4.34. The van der Waals surface area contributed by atoms with Crippen molar-refractivity contribution >= 4 is 22.6 Å². The summed E-state index contributed by atoms with van der Waals surface area (Å²) in [5.74, 6) is 0.982. The van der Waals surface area contributed by atoms with Gasteiger partial charge >= 0.3 is 0 Å². The molecule has 0 radical (unpaired) electrons. The van der Waals surface area contributed by atoms with Crippen molar-refractivity contribution in [3.05, 3.63) is 24.5 Å². The summed E-state index contributed by atoms with van der Waals surface area (Å²) in [6, 6.07) is 4.65. The van der Waals surface area contributed by atoms with Gasteiger partial charge < -0.3 is 19.9 Å². The number of carbonyl (C=O) groups is 1. The van der Waals surface area contributed by atoms with Crippen LogP contribution in [0.5, 0.6) is 0 Å². The smallest absolute Gasteiger partial charge is 0.248 e. The van der Waals surface area contributed by atoms with Gasteiger partial charge in [0.1, 0.15) is 12.3 Å². The maximum Gasteiger partial charge on any atom is 0.248 e. The molecule has 122 valence electrons. The number of nitrogens with one attached hydrogen (secondary N) is 1. The van der Waals surface area contributed by atoms with Crippen molar-refractivity contribution in [1.29, 1.82) is 0 Å². The fraction of sp³-hybridized carbons (Fsp3) is 0.529. The molecule has 4 rings (SSSR count). The van der Waals surface area contributed by atoms with Crippen LogP contribution in [0, 0.1) is 11.8 Å². The second kappa shape index (κ2) is 5.53. The second-order valence-corrected chi connectivity index (χ2v) is 6.78. The van der Waals surface area contributed by atoms with Crippen LogP contribution in [0.2, 0.25) is 0 Å². The number of nitrogens with zero attached hydrogens (tertiary/aromatic N) is 3. The number of hydrogen-bond donors (Lipinski definition) is 2. The van der Waals surface area contributed by atoms with Crippen LogP contribution < -0.4 is 4.90 Å². The first-order valence-corrected chi connectivity index (χ1v) is 8.21. The highest BCUT2D eigenvalue weighted by molar-refractivity contribution is 5.89. The van der Waals surface area contributed by atoms with E-state index in [0.29, 0.717) is 17.9 Å². The summed E-state index contributed by atoms with van der Waals surface area (Å²) in [5.41, 5.74) is 2.14. The van der Waals surface area contributed by atoms with E-state index >= 15 is 0 Å². The van der Waals surface area contributed by atoms with Crippen LogP contribution in [0.4, 0.5) is 5.69 Å². The van der Waals surface area contributed by atoms with Crippen LogP contribution in [0.3, 0.4) is 0 Å². The molecule has 2 aromatic heterocycles. The number of aliphatic hydroxyl groups excluding tert-OH is 1. The molecule has 6 heteroatoms. The zero-order valence-corrected chi connectivity index (χ0v) is 13.3. The van der Waals surface area contributed by atoms with Crippen LogP contribution in [0.1, 0.15) is 12.8 Å². The van der Waals surface area contributed by atoms with Crippen LogP contribution in [0.25, 0.3) is 11.0 Å². The quantitative estimate of drug-likeness (QED) is 0.894. The van der Waals surface area contributed by atoms with Gasteiger partial charge in [0.25, 0.3) is 0 Å². The second-order valence-electron chi connectivity index (χ2n) is 6.78. The van der Waals surface area contributed by atoms with Crippen molar-refractivity contribution in [2.45, 2.75) is 18.9 Å². The first kappa shape index (κ1) is 14.5. The Kier molecular flexibility index (Phi) is 3.49. The van der Waals surface area contributed by atoms with E-state index in [0.717, 1.165) is 37.0 Å². The third-order valence-electron chi connectivity index (χ3n) is 5.58. The van der Waals surface area contributed by atoms with E-state index in [9.17, 15) is 4.79 Å². The molecule has 3 atom stereocenters. The molecule has 3 heterocycles. The van der Waals surface area contributed by atoms with E-state index < -0.39 is 0 Å². The van der Waals surface area contributed by atoms with Gasteiger partial charge in [-0.2, -0.15) is 0 Å².